The molecule has 0 bridgehead atoms. The molecule has 2 unspecified atom stereocenters. The van der Waals surface area contributed by atoms with Gasteiger partial charge in [-0.15, -0.1) is 0 Å². The summed E-state index contributed by atoms with van der Waals surface area (Å²) in [5.41, 5.74) is 1.24. The van der Waals surface area contributed by atoms with Crippen LogP contribution in [0.1, 0.15) is 29.7 Å². The zero-order valence-electron chi connectivity index (χ0n) is 13.8. The second-order valence-electron chi connectivity index (χ2n) is 6.37. The molecule has 7 heteroatoms. The van der Waals surface area contributed by atoms with Crippen molar-refractivity contribution in [1.82, 2.24) is 9.88 Å². The Kier molecular flexibility index (Phi) is 4.09. The van der Waals surface area contributed by atoms with E-state index in [1.54, 1.807) is 0 Å². The Bertz CT molecular complexity index is 824. The van der Waals surface area contributed by atoms with Gasteiger partial charge in [-0.3, -0.25) is 4.79 Å². The highest BCUT2D eigenvalue weighted by Gasteiger charge is 2.34. The first-order valence-electron chi connectivity index (χ1n) is 8.21. The van der Waals surface area contributed by atoms with Crippen molar-refractivity contribution in [2.45, 2.75) is 30.7 Å². The van der Waals surface area contributed by atoms with Crippen LogP contribution in [0.15, 0.2) is 43.0 Å². The first kappa shape index (κ1) is 16.3. The van der Waals surface area contributed by atoms with Crippen molar-refractivity contribution in [2.75, 3.05) is 13.2 Å². The van der Waals surface area contributed by atoms with Crippen LogP contribution in [-0.2, 0) is 14.2 Å². The number of amides is 1. The van der Waals surface area contributed by atoms with E-state index in [9.17, 15) is 4.79 Å². The van der Waals surface area contributed by atoms with Crippen molar-refractivity contribution >= 4 is 28.4 Å². The number of benzene rings is 1. The molecule has 1 saturated heterocycles. The highest BCUT2D eigenvalue weighted by Crippen LogP contribution is 2.34. The number of nitrogens with zero attached hydrogens (tertiary/aromatic N) is 1. The minimum atomic E-state index is -0.712. The van der Waals surface area contributed by atoms with E-state index in [1.165, 1.54) is 12.5 Å². The van der Waals surface area contributed by atoms with Gasteiger partial charge in [-0.05, 0) is 6.07 Å². The summed E-state index contributed by atoms with van der Waals surface area (Å²) < 4.78 is 18.0. The van der Waals surface area contributed by atoms with Gasteiger partial charge in [-0.2, -0.15) is 0 Å². The van der Waals surface area contributed by atoms with E-state index in [0.717, 1.165) is 10.9 Å². The third-order valence-corrected chi connectivity index (χ3v) is 5.04. The number of aromatic nitrogens is 1. The monoisotopic (exact) mass is 362 g/mol. The smallest absolute Gasteiger partial charge is 0.253 e. The van der Waals surface area contributed by atoms with Crippen LogP contribution in [0.4, 0.5) is 0 Å². The molecule has 6 nitrogen and oxygen atoms in total. The summed E-state index contributed by atoms with van der Waals surface area (Å²) in [7, 11) is 0. The molecule has 2 aromatic rings. The van der Waals surface area contributed by atoms with E-state index >= 15 is 0 Å². The van der Waals surface area contributed by atoms with Gasteiger partial charge in [0.15, 0.2) is 5.56 Å². The average Bonchev–Trinajstić information content (AvgIpc) is 3.18. The lowest BCUT2D eigenvalue weighted by Gasteiger charge is -2.33. The van der Waals surface area contributed by atoms with Crippen LogP contribution in [0, 0.1) is 0 Å². The molecule has 3 heterocycles. The van der Waals surface area contributed by atoms with Crippen LogP contribution < -0.4 is 5.32 Å². The van der Waals surface area contributed by atoms with Gasteiger partial charge in [0.25, 0.3) is 5.91 Å². The quantitative estimate of drug-likeness (QED) is 0.830. The molecule has 132 valence electrons. The minimum Gasteiger partial charge on any atom is -0.457 e. The molecule has 2 aliphatic rings. The number of hydrogen-bond acceptors (Lipinski definition) is 4. The highest BCUT2D eigenvalue weighted by atomic mass is 35.5. The first-order valence-corrected chi connectivity index (χ1v) is 8.65. The Morgan fingerprint density at radius 3 is 2.80 bits per heavy atom. The number of rotatable bonds is 5. The van der Waals surface area contributed by atoms with Crippen molar-refractivity contribution in [3.63, 3.8) is 0 Å². The molecule has 1 aromatic carbocycles. The summed E-state index contributed by atoms with van der Waals surface area (Å²) in [6, 6.07) is 7.84. The molecule has 1 fully saturated rings. The third kappa shape index (κ3) is 2.96. The molecule has 1 N–H and O–H groups in total. The minimum absolute atomic E-state index is 0.0402. The number of halogens is 1. The Balaban J connectivity index is 1.51. The zero-order valence-corrected chi connectivity index (χ0v) is 14.5. The Morgan fingerprint density at radius 1 is 1.36 bits per heavy atom. The molecular formula is C18H19ClN2O4. The predicted octanol–water partition coefficient (Wildman–Crippen LogP) is 3.13. The summed E-state index contributed by atoms with van der Waals surface area (Å²) in [5, 5.41) is 3.84. The molecule has 0 aliphatic carbocycles. The molecule has 1 amide bonds. The molecule has 1 aromatic heterocycles. The lowest BCUT2D eigenvalue weighted by molar-refractivity contribution is -0.129. The maximum absolute atomic E-state index is 12.7. The second kappa shape index (κ2) is 6.28. The Morgan fingerprint density at radius 2 is 2.12 bits per heavy atom. The van der Waals surface area contributed by atoms with Crippen LogP contribution in [-0.4, -0.2) is 35.0 Å². The van der Waals surface area contributed by atoms with Crippen LogP contribution in [0.5, 0.6) is 0 Å². The fourth-order valence-electron chi connectivity index (χ4n) is 3.11. The number of hydrogen-bond donors (Lipinski definition) is 1. The molecule has 2 aliphatic heterocycles. The fraction of sp³-hybridized carbons (Fsp3) is 0.389. The molecule has 0 radical (unpaired) electrons. The lowest BCUT2D eigenvalue weighted by atomic mass is 10.1. The van der Waals surface area contributed by atoms with Gasteiger partial charge in [-0.25, -0.2) is 0 Å². The summed E-state index contributed by atoms with van der Waals surface area (Å²) >= 11 is 6.13. The molecule has 4 rings (SSSR count). The summed E-state index contributed by atoms with van der Waals surface area (Å²) in [6.45, 7) is 2.83. The van der Waals surface area contributed by atoms with Crippen molar-refractivity contribution in [3.8, 4) is 0 Å². The second-order valence-corrected chi connectivity index (χ2v) is 6.80. The van der Waals surface area contributed by atoms with Crippen LogP contribution in [0.2, 0.25) is 0 Å². The fourth-order valence-corrected chi connectivity index (χ4v) is 3.38. The summed E-state index contributed by atoms with van der Waals surface area (Å²) in [6.07, 6.45) is 5.43. The Hall–Kier alpha value is -2.18. The highest BCUT2D eigenvalue weighted by molar-refractivity contribution is 6.20. The number of alkyl halides is 1. The van der Waals surface area contributed by atoms with Gasteiger partial charge < -0.3 is 24.1 Å². The lowest BCUT2D eigenvalue weighted by Crippen LogP contribution is -2.37. The van der Waals surface area contributed by atoms with E-state index in [1.807, 2.05) is 42.0 Å². The third-order valence-electron chi connectivity index (χ3n) is 4.63. The van der Waals surface area contributed by atoms with Crippen LogP contribution >= 0.6 is 11.6 Å². The van der Waals surface area contributed by atoms with Crippen molar-refractivity contribution in [3.05, 3.63) is 48.5 Å². The van der Waals surface area contributed by atoms with Gasteiger partial charge in [0.1, 0.15) is 12.5 Å². The molecule has 0 saturated carbocycles. The number of carbonyl (C=O) groups excluding carboxylic acids is 1. The predicted molar refractivity (Wildman–Crippen MR) is 93.2 cm³/mol. The van der Waals surface area contributed by atoms with E-state index in [-0.39, 0.29) is 17.5 Å². The van der Waals surface area contributed by atoms with Gasteiger partial charge >= 0.3 is 0 Å². The Labute approximate surface area is 150 Å². The molecule has 2 atom stereocenters. The average molecular weight is 363 g/mol. The topological polar surface area (TPSA) is 61.7 Å². The number of ether oxygens (including phenoxy) is 3. The van der Waals surface area contributed by atoms with E-state index in [2.05, 4.69) is 5.32 Å². The standard InChI is InChI=1S/C18H19ClN2O4/c1-18(24-8-9-25-18)6-7-20-17(22)13-10-21(15-11-23-16(15)19)14-5-3-2-4-12(13)14/h2-5,8-10,15-16H,6-7,11H2,1H3,(H,20,22). The molecular weight excluding hydrogens is 344 g/mol. The summed E-state index contributed by atoms with van der Waals surface area (Å²) in [4.78, 5) is 12.7. The number of carbonyl (C=O) groups is 1. The van der Waals surface area contributed by atoms with Crippen molar-refractivity contribution < 1.29 is 19.0 Å². The van der Waals surface area contributed by atoms with Crippen LogP contribution in [0.3, 0.4) is 0 Å². The maximum Gasteiger partial charge on any atom is 0.253 e. The van der Waals surface area contributed by atoms with Gasteiger partial charge in [-0.1, -0.05) is 29.8 Å². The zero-order chi connectivity index (χ0) is 17.4. The van der Waals surface area contributed by atoms with Crippen molar-refractivity contribution in [2.24, 2.45) is 0 Å². The van der Waals surface area contributed by atoms with Gasteiger partial charge in [0.2, 0.25) is 5.79 Å². The normalized spacial score (nSPS) is 23.8. The van der Waals surface area contributed by atoms with E-state index in [4.69, 9.17) is 25.8 Å². The molecule has 0 spiro atoms. The van der Waals surface area contributed by atoms with Gasteiger partial charge in [0, 0.05) is 37.0 Å². The largest absolute Gasteiger partial charge is 0.457 e. The summed E-state index contributed by atoms with van der Waals surface area (Å²) in [5.74, 6) is -0.841. The number of fused-ring (bicyclic) bond motifs is 1. The SMILES string of the molecule is CC1(CCNC(=O)c2cn(C3COC3Cl)c3ccccc23)OC=CO1. The van der Waals surface area contributed by atoms with E-state index < -0.39 is 5.79 Å². The maximum atomic E-state index is 12.7. The van der Waals surface area contributed by atoms with Crippen LogP contribution in [0.25, 0.3) is 10.9 Å². The number of para-hydroxylation sites is 1. The van der Waals surface area contributed by atoms with Gasteiger partial charge in [0.05, 0.1) is 18.2 Å². The molecule has 25 heavy (non-hydrogen) atoms. The van der Waals surface area contributed by atoms with E-state index in [0.29, 0.717) is 25.1 Å². The van der Waals surface area contributed by atoms with Crippen molar-refractivity contribution in [1.29, 1.82) is 0 Å². The number of nitrogens with one attached hydrogen (secondary N) is 1. The first-order chi connectivity index (χ1) is 12.1.